The molecule has 1 aromatic heterocycles. The van der Waals surface area contributed by atoms with Crippen molar-refractivity contribution < 1.29 is 14.3 Å². The first kappa shape index (κ1) is 13.1. The first-order chi connectivity index (χ1) is 9.02. The van der Waals surface area contributed by atoms with E-state index in [0.29, 0.717) is 12.0 Å². The third kappa shape index (κ3) is 2.57. The Morgan fingerprint density at radius 1 is 1.26 bits per heavy atom. The van der Waals surface area contributed by atoms with Gasteiger partial charge in [-0.1, -0.05) is 36.8 Å². The number of carboxylic acids is 1. The molecule has 1 heterocycles. The van der Waals surface area contributed by atoms with Crippen molar-refractivity contribution in [1.82, 2.24) is 0 Å². The summed E-state index contributed by atoms with van der Waals surface area (Å²) >= 11 is 0. The van der Waals surface area contributed by atoms with Crippen LogP contribution in [-0.4, -0.2) is 11.1 Å². The molecule has 1 N–H and O–H groups in total. The minimum Gasteiger partial charge on any atom is -0.475 e. The Morgan fingerprint density at radius 2 is 1.89 bits per heavy atom. The Labute approximate surface area is 110 Å². The molecule has 4 heteroatoms. The number of hydrogen-bond acceptors (Lipinski definition) is 3. The van der Waals surface area contributed by atoms with Gasteiger partial charge in [0.1, 0.15) is 5.76 Å². The summed E-state index contributed by atoms with van der Waals surface area (Å²) in [7, 11) is 0. The van der Waals surface area contributed by atoms with Crippen molar-refractivity contribution in [3.8, 4) is 11.3 Å². The maximum atomic E-state index is 11.9. The number of aryl methyl sites for hydroxylation is 1. The second-order valence-electron chi connectivity index (χ2n) is 4.31. The molecule has 0 aliphatic heterocycles. The van der Waals surface area contributed by atoms with Gasteiger partial charge in [-0.2, -0.15) is 0 Å². The first-order valence-electron chi connectivity index (χ1n) is 6.00. The molecule has 0 bridgehead atoms. The van der Waals surface area contributed by atoms with Gasteiger partial charge in [-0.15, -0.1) is 0 Å². The van der Waals surface area contributed by atoms with Crippen LogP contribution in [0.4, 0.5) is 0 Å². The van der Waals surface area contributed by atoms with Gasteiger partial charge in [0.15, 0.2) is 5.43 Å². The summed E-state index contributed by atoms with van der Waals surface area (Å²) in [5, 5.41) is 9.10. The number of aromatic carboxylic acids is 1. The lowest BCUT2D eigenvalue weighted by atomic mass is 10.1. The molecule has 1 aromatic carbocycles. The molecule has 2 rings (SSSR count). The summed E-state index contributed by atoms with van der Waals surface area (Å²) in [6.07, 6.45) is 0.331. The van der Waals surface area contributed by atoms with Crippen LogP contribution >= 0.6 is 0 Å². The Hall–Kier alpha value is -2.36. The molecule has 0 saturated carbocycles. The first-order valence-corrected chi connectivity index (χ1v) is 6.00. The third-order valence-electron chi connectivity index (χ3n) is 2.93. The minimum absolute atomic E-state index is 0.198. The summed E-state index contributed by atoms with van der Waals surface area (Å²) in [5.74, 6) is -1.21. The van der Waals surface area contributed by atoms with E-state index in [0.717, 1.165) is 5.56 Å². The zero-order chi connectivity index (χ0) is 14.0. The van der Waals surface area contributed by atoms with Gasteiger partial charge in [0.05, 0.1) is 0 Å². The lowest BCUT2D eigenvalue weighted by molar-refractivity contribution is 0.0658. The average Bonchev–Trinajstić information content (AvgIpc) is 2.38. The molecule has 0 amide bonds. The van der Waals surface area contributed by atoms with Crippen molar-refractivity contribution in [3.05, 3.63) is 57.4 Å². The van der Waals surface area contributed by atoms with E-state index in [9.17, 15) is 9.59 Å². The highest BCUT2D eigenvalue weighted by atomic mass is 16.4. The molecule has 0 spiro atoms. The lowest BCUT2D eigenvalue weighted by Gasteiger charge is -2.06. The maximum absolute atomic E-state index is 11.9. The Balaban J connectivity index is 2.63. The third-order valence-corrected chi connectivity index (χ3v) is 2.93. The fourth-order valence-electron chi connectivity index (χ4n) is 1.89. The topological polar surface area (TPSA) is 67.5 Å². The summed E-state index contributed by atoms with van der Waals surface area (Å²) < 4.78 is 5.37. The maximum Gasteiger partial charge on any atom is 0.372 e. The fourth-order valence-corrected chi connectivity index (χ4v) is 1.89. The molecular weight excluding hydrogens is 244 g/mol. The van der Waals surface area contributed by atoms with Crippen LogP contribution in [-0.2, 0) is 6.42 Å². The molecule has 4 nitrogen and oxygen atoms in total. The molecule has 0 aliphatic carbocycles. The molecule has 0 atom stereocenters. The second kappa shape index (κ2) is 5.10. The van der Waals surface area contributed by atoms with Crippen molar-refractivity contribution in [1.29, 1.82) is 0 Å². The molecule has 0 unspecified atom stereocenters. The molecule has 0 aliphatic rings. The number of benzene rings is 1. The van der Waals surface area contributed by atoms with Gasteiger partial charge < -0.3 is 9.52 Å². The van der Waals surface area contributed by atoms with E-state index in [2.05, 4.69) is 0 Å². The van der Waals surface area contributed by atoms with E-state index >= 15 is 0 Å². The van der Waals surface area contributed by atoms with Crippen molar-refractivity contribution in [2.75, 3.05) is 0 Å². The SMILES string of the molecule is CCc1c(C(=O)O)oc(-c2ccc(C)cc2)cc1=O. The highest BCUT2D eigenvalue weighted by Gasteiger charge is 2.17. The van der Waals surface area contributed by atoms with Crippen LogP contribution in [0.5, 0.6) is 0 Å². The van der Waals surface area contributed by atoms with Gasteiger partial charge in [0, 0.05) is 17.2 Å². The average molecular weight is 258 g/mol. The normalized spacial score (nSPS) is 10.4. The molecular formula is C15H14O4. The quantitative estimate of drug-likeness (QED) is 0.919. The summed E-state index contributed by atoms with van der Waals surface area (Å²) in [6, 6.07) is 8.69. The van der Waals surface area contributed by atoms with Crippen LogP contribution in [0.1, 0.15) is 28.6 Å². The number of carbonyl (C=O) groups is 1. The van der Waals surface area contributed by atoms with Crippen LogP contribution < -0.4 is 5.43 Å². The van der Waals surface area contributed by atoms with E-state index in [4.69, 9.17) is 9.52 Å². The van der Waals surface area contributed by atoms with Crippen molar-refractivity contribution >= 4 is 5.97 Å². The molecule has 0 fully saturated rings. The molecule has 19 heavy (non-hydrogen) atoms. The Bertz CT molecular complexity index is 666. The minimum atomic E-state index is -1.22. The van der Waals surface area contributed by atoms with E-state index in [1.54, 1.807) is 19.1 Å². The van der Waals surface area contributed by atoms with Gasteiger partial charge in [0.2, 0.25) is 5.76 Å². The largest absolute Gasteiger partial charge is 0.475 e. The van der Waals surface area contributed by atoms with Crippen LogP contribution in [0.3, 0.4) is 0 Å². The predicted octanol–water partition coefficient (Wildman–Crippen LogP) is 2.88. The molecule has 2 aromatic rings. The van der Waals surface area contributed by atoms with Gasteiger partial charge in [-0.3, -0.25) is 4.79 Å². The van der Waals surface area contributed by atoms with Gasteiger partial charge in [-0.25, -0.2) is 4.79 Å². The van der Waals surface area contributed by atoms with Crippen molar-refractivity contribution in [2.24, 2.45) is 0 Å². The van der Waals surface area contributed by atoms with E-state index in [1.165, 1.54) is 6.07 Å². The fraction of sp³-hybridized carbons (Fsp3) is 0.200. The van der Waals surface area contributed by atoms with Crippen molar-refractivity contribution in [2.45, 2.75) is 20.3 Å². The number of hydrogen-bond donors (Lipinski definition) is 1. The van der Waals surface area contributed by atoms with E-state index < -0.39 is 5.97 Å². The molecule has 0 radical (unpaired) electrons. The summed E-state index contributed by atoms with van der Waals surface area (Å²) in [4.78, 5) is 23.1. The standard InChI is InChI=1S/C15H14O4/c1-3-11-12(16)8-13(19-14(11)15(17)18)10-6-4-9(2)5-7-10/h4-8H,3H2,1-2H3,(H,17,18). The highest BCUT2D eigenvalue weighted by molar-refractivity contribution is 5.86. The molecule has 98 valence electrons. The molecule has 0 saturated heterocycles. The van der Waals surface area contributed by atoms with Crippen LogP contribution in [0, 0.1) is 6.92 Å². The Kier molecular flexibility index (Phi) is 3.51. The number of carboxylic acid groups (broad SMARTS) is 1. The van der Waals surface area contributed by atoms with Gasteiger partial charge in [0.25, 0.3) is 0 Å². The van der Waals surface area contributed by atoms with E-state index in [1.807, 2.05) is 19.1 Å². The predicted molar refractivity (Wildman–Crippen MR) is 71.5 cm³/mol. The lowest BCUT2D eigenvalue weighted by Crippen LogP contribution is -2.14. The van der Waals surface area contributed by atoms with Crippen LogP contribution in [0.15, 0.2) is 39.5 Å². The zero-order valence-electron chi connectivity index (χ0n) is 10.8. The zero-order valence-corrected chi connectivity index (χ0v) is 10.8. The Morgan fingerprint density at radius 3 is 2.42 bits per heavy atom. The van der Waals surface area contributed by atoms with Gasteiger partial charge >= 0.3 is 5.97 Å². The summed E-state index contributed by atoms with van der Waals surface area (Å²) in [5.41, 5.74) is 1.66. The van der Waals surface area contributed by atoms with Crippen LogP contribution in [0.2, 0.25) is 0 Å². The number of rotatable bonds is 3. The van der Waals surface area contributed by atoms with Crippen molar-refractivity contribution in [3.63, 3.8) is 0 Å². The second-order valence-corrected chi connectivity index (χ2v) is 4.31. The van der Waals surface area contributed by atoms with Gasteiger partial charge in [-0.05, 0) is 13.3 Å². The smallest absolute Gasteiger partial charge is 0.372 e. The monoisotopic (exact) mass is 258 g/mol. The summed E-state index contributed by atoms with van der Waals surface area (Å²) in [6.45, 7) is 3.67. The highest BCUT2D eigenvalue weighted by Crippen LogP contribution is 2.21. The van der Waals surface area contributed by atoms with Crippen LogP contribution in [0.25, 0.3) is 11.3 Å². The van der Waals surface area contributed by atoms with E-state index in [-0.39, 0.29) is 22.5 Å².